The van der Waals surface area contributed by atoms with Crippen molar-refractivity contribution >= 4 is 5.91 Å². The van der Waals surface area contributed by atoms with E-state index in [9.17, 15) is 9.90 Å². The first-order valence-corrected chi connectivity index (χ1v) is 4.54. The van der Waals surface area contributed by atoms with E-state index in [1.807, 2.05) is 6.92 Å². The van der Waals surface area contributed by atoms with Gasteiger partial charge in [-0.1, -0.05) is 0 Å². The predicted molar refractivity (Wildman–Crippen MR) is 48.3 cm³/mol. The van der Waals surface area contributed by atoms with Gasteiger partial charge in [0.2, 0.25) is 0 Å². The standard InChI is InChI=1S/C9H17NO3/c1-7-6-13-5-4-10(7)8(11)9(2,3)12/h7,12H,4-6H2,1-3H3. The third-order valence-electron chi connectivity index (χ3n) is 2.15. The quantitative estimate of drug-likeness (QED) is 0.629. The molecule has 1 rings (SSSR count). The summed E-state index contributed by atoms with van der Waals surface area (Å²) in [6.07, 6.45) is 0. The molecule has 1 aliphatic heterocycles. The minimum Gasteiger partial charge on any atom is -0.381 e. The molecule has 0 saturated carbocycles. The molecular weight excluding hydrogens is 170 g/mol. The summed E-state index contributed by atoms with van der Waals surface area (Å²) in [6.45, 7) is 6.63. The Kier molecular flexibility index (Phi) is 2.93. The Morgan fingerprint density at radius 2 is 2.23 bits per heavy atom. The average Bonchev–Trinajstić information content (AvgIpc) is 2.02. The predicted octanol–water partition coefficient (Wildman–Crippen LogP) is 0.00460. The van der Waals surface area contributed by atoms with Crippen molar-refractivity contribution < 1.29 is 14.6 Å². The van der Waals surface area contributed by atoms with Crippen LogP contribution in [0.1, 0.15) is 20.8 Å². The minimum atomic E-state index is -1.27. The molecule has 0 bridgehead atoms. The summed E-state index contributed by atoms with van der Waals surface area (Å²) in [5, 5.41) is 9.52. The maximum Gasteiger partial charge on any atom is 0.254 e. The lowest BCUT2D eigenvalue weighted by molar-refractivity contribution is -0.155. The van der Waals surface area contributed by atoms with Crippen LogP contribution in [0.3, 0.4) is 0 Å². The van der Waals surface area contributed by atoms with Gasteiger partial charge in [0.05, 0.1) is 19.3 Å². The lowest BCUT2D eigenvalue weighted by Crippen LogP contribution is -2.53. The van der Waals surface area contributed by atoms with Crippen molar-refractivity contribution in [3.8, 4) is 0 Å². The van der Waals surface area contributed by atoms with Crippen molar-refractivity contribution in [1.29, 1.82) is 0 Å². The normalized spacial score (nSPS) is 24.6. The molecule has 0 aromatic heterocycles. The number of ether oxygens (including phenoxy) is 1. The molecule has 1 amide bonds. The number of rotatable bonds is 1. The van der Waals surface area contributed by atoms with E-state index in [-0.39, 0.29) is 11.9 Å². The molecule has 76 valence electrons. The van der Waals surface area contributed by atoms with Crippen LogP contribution in [0, 0.1) is 0 Å². The van der Waals surface area contributed by atoms with Crippen molar-refractivity contribution in [2.45, 2.75) is 32.4 Å². The van der Waals surface area contributed by atoms with E-state index in [4.69, 9.17) is 4.74 Å². The fraction of sp³-hybridized carbons (Fsp3) is 0.889. The molecular formula is C9H17NO3. The van der Waals surface area contributed by atoms with Crippen LogP contribution in [0.2, 0.25) is 0 Å². The second-order valence-electron chi connectivity index (χ2n) is 3.98. The Balaban J connectivity index is 2.64. The second kappa shape index (κ2) is 3.64. The van der Waals surface area contributed by atoms with Gasteiger partial charge >= 0.3 is 0 Å². The topological polar surface area (TPSA) is 49.8 Å². The first kappa shape index (κ1) is 10.5. The number of carbonyl (C=O) groups excluding carboxylic acids is 1. The maximum atomic E-state index is 11.7. The molecule has 0 spiro atoms. The van der Waals surface area contributed by atoms with Crippen LogP contribution in [0.25, 0.3) is 0 Å². The number of aliphatic hydroxyl groups is 1. The smallest absolute Gasteiger partial charge is 0.254 e. The highest BCUT2D eigenvalue weighted by Gasteiger charge is 2.33. The summed E-state index contributed by atoms with van der Waals surface area (Å²) in [5.74, 6) is -0.219. The van der Waals surface area contributed by atoms with Gasteiger partial charge in [-0.2, -0.15) is 0 Å². The second-order valence-corrected chi connectivity index (χ2v) is 3.98. The van der Waals surface area contributed by atoms with Crippen molar-refractivity contribution in [2.24, 2.45) is 0 Å². The molecule has 1 heterocycles. The van der Waals surface area contributed by atoms with Gasteiger partial charge < -0.3 is 14.7 Å². The molecule has 1 atom stereocenters. The maximum absolute atomic E-state index is 11.7. The van der Waals surface area contributed by atoms with E-state index in [1.54, 1.807) is 4.90 Å². The summed E-state index contributed by atoms with van der Waals surface area (Å²) in [5.41, 5.74) is -1.27. The SMILES string of the molecule is CC1COCCN1C(=O)C(C)(C)O. The van der Waals surface area contributed by atoms with E-state index in [2.05, 4.69) is 0 Å². The first-order valence-electron chi connectivity index (χ1n) is 4.54. The van der Waals surface area contributed by atoms with Gasteiger partial charge in [-0.3, -0.25) is 4.79 Å². The number of carbonyl (C=O) groups is 1. The van der Waals surface area contributed by atoms with E-state index >= 15 is 0 Å². The molecule has 0 aromatic carbocycles. The highest BCUT2D eigenvalue weighted by molar-refractivity contribution is 5.84. The van der Waals surface area contributed by atoms with Gasteiger partial charge in [-0.05, 0) is 20.8 Å². The monoisotopic (exact) mass is 187 g/mol. The number of nitrogens with zero attached hydrogens (tertiary/aromatic N) is 1. The molecule has 13 heavy (non-hydrogen) atoms. The van der Waals surface area contributed by atoms with Crippen LogP contribution in [0.4, 0.5) is 0 Å². The molecule has 4 heteroatoms. The Morgan fingerprint density at radius 3 is 2.69 bits per heavy atom. The van der Waals surface area contributed by atoms with E-state index in [0.29, 0.717) is 19.8 Å². The zero-order valence-corrected chi connectivity index (χ0v) is 8.41. The van der Waals surface area contributed by atoms with Crippen molar-refractivity contribution in [2.75, 3.05) is 19.8 Å². The van der Waals surface area contributed by atoms with Crippen molar-refractivity contribution in [3.63, 3.8) is 0 Å². The average molecular weight is 187 g/mol. The third-order valence-corrected chi connectivity index (χ3v) is 2.15. The van der Waals surface area contributed by atoms with Crippen molar-refractivity contribution in [1.82, 2.24) is 4.90 Å². The first-order chi connectivity index (χ1) is 5.93. The molecule has 0 aromatic rings. The molecule has 1 aliphatic rings. The molecule has 1 N–H and O–H groups in total. The highest BCUT2D eigenvalue weighted by Crippen LogP contribution is 2.13. The van der Waals surface area contributed by atoms with Gasteiger partial charge in [0.15, 0.2) is 0 Å². The largest absolute Gasteiger partial charge is 0.381 e. The van der Waals surface area contributed by atoms with Crippen LogP contribution in [-0.2, 0) is 9.53 Å². The van der Waals surface area contributed by atoms with E-state index in [0.717, 1.165) is 0 Å². The Labute approximate surface area is 78.5 Å². The van der Waals surface area contributed by atoms with E-state index in [1.165, 1.54) is 13.8 Å². The number of hydrogen-bond donors (Lipinski definition) is 1. The number of amides is 1. The third kappa shape index (κ3) is 2.42. The van der Waals surface area contributed by atoms with Gasteiger partial charge in [-0.25, -0.2) is 0 Å². The van der Waals surface area contributed by atoms with Crippen molar-refractivity contribution in [3.05, 3.63) is 0 Å². The fourth-order valence-electron chi connectivity index (χ4n) is 1.38. The summed E-state index contributed by atoms with van der Waals surface area (Å²) in [4.78, 5) is 13.3. The lowest BCUT2D eigenvalue weighted by Gasteiger charge is -2.36. The van der Waals surface area contributed by atoms with Gasteiger partial charge in [0.25, 0.3) is 5.91 Å². The van der Waals surface area contributed by atoms with Gasteiger partial charge in [-0.15, -0.1) is 0 Å². The molecule has 1 fully saturated rings. The summed E-state index contributed by atoms with van der Waals surface area (Å²) < 4.78 is 5.20. The fourth-order valence-corrected chi connectivity index (χ4v) is 1.38. The molecule has 1 saturated heterocycles. The zero-order chi connectivity index (χ0) is 10.1. The van der Waals surface area contributed by atoms with Crippen LogP contribution in [0.5, 0.6) is 0 Å². The Hall–Kier alpha value is -0.610. The zero-order valence-electron chi connectivity index (χ0n) is 8.41. The molecule has 0 radical (unpaired) electrons. The summed E-state index contributed by atoms with van der Waals surface area (Å²) >= 11 is 0. The van der Waals surface area contributed by atoms with Crippen LogP contribution >= 0.6 is 0 Å². The van der Waals surface area contributed by atoms with Gasteiger partial charge in [0.1, 0.15) is 5.60 Å². The van der Waals surface area contributed by atoms with Crippen LogP contribution in [-0.4, -0.2) is 47.3 Å². The molecule has 4 nitrogen and oxygen atoms in total. The molecule has 0 aliphatic carbocycles. The summed E-state index contributed by atoms with van der Waals surface area (Å²) in [6, 6.07) is 0.0627. The summed E-state index contributed by atoms with van der Waals surface area (Å²) in [7, 11) is 0. The Morgan fingerprint density at radius 1 is 1.62 bits per heavy atom. The minimum absolute atomic E-state index is 0.0627. The highest BCUT2D eigenvalue weighted by atomic mass is 16.5. The van der Waals surface area contributed by atoms with E-state index < -0.39 is 5.60 Å². The lowest BCUT2D eigenvalue weighted by atomic mass is 10.1. The van der Waals surface area contributed by atoms with Crippen LogP contribution in [0.15, 0.2) is 0 Å². The van der Waals surface area contributed by atoms with Gasteiger partial charge in [0, 0.05) is 6.54 Å². The molecule has 1 unspecified atom stereocenters. The Bertz CT molecular complexity index is 198. The number of morpholine rings is 1. The number of hydrogen-bond acceptors (Lipinski definition) is 3. The van der Waals surface area contributed by atoms with Crippen LogP contribution < -0.4 is 0 Å².